The van der Waals surface area contributed by atoms with Crippen LogP contribution in [0.15, 0.2) is 42.5 Å². The minimum absolute atomic E-state index is 0.0458. The molecular weight excluding hydrogens is 644 g/mol. The number of nitro groups is 1. The van der Waals surface area contributed by atoms with E-state index >= 15 is 0 Å². The van der Waals surface area contributed by atoms with Gasteiger partial charge in [-0.2, -0.15) is 0 Å². The van der Waals surface area contributed by atoms with Crippen LogP contribution in [0.25, 0.3) is 0 Å². The lowest BCUT2D eigenvalue weighted by Crippen LogP contribution is -2.41. The molecule has 1 fully saturated rings. The molecule has 1 heterocycles. The first-order valence-corrected chi connectivity index (χ1v) is 14.1. The largest absolute Gasteiger partial charge is 0.495 e. The molecule has 13 heteroatoms. The summed E-state index contributed by atoms with van der Waals surface area (Å²) in [4.78, 5) is 34.2. The van der Waals surface area contributed by atoms with E-state index in [0.29, 0.717) is 5.46 Å². The fraction of sp³-hybridized carbons (Fsp3) is 0.500. The maximum atomic E-state index is 11.9. The number of carbonyl (C=O) groups is 2. The Bertz CT molecular complexity index is 1240. The van der Waals surface area contributed by atoms with Crippen LogP contribution in [0.5, 0.6) is 0 Å². The average molecular weight is 683 g/mol. The van der Waals surface area contributed by atoms with Crippen molar-refractivity contribution in [1.82, 2.24) is 0 Å². The SMILES string of the molecule is CC(C)(C)OC(=O)Nc1ccc(B2OC(C)(C)C(C)(C)O2)cc1[N+](=O)[O-].CC(C)(C)OC(=O)Nc1ccc(I)cc1. The highest BCUT2D eigenvalue weighted by Gasteiger charge is 2.52. The summed E-state index contributed by atoms with van der Waals surface area (Å²) >= 11 is 2.21. The molecule has 2 N–H and O–H groups in total. The first-order valence-electron chi connectivity index (χ1n) is 13.0. The van der Waals surface area contributed by atoms with Crippen molar-refractivity contribution in [3.05, 3.63) is 56.1 Å². The zero-order valence-corrected chi connectivity index (χ0v) is 27.4. The van der Waals surface area contributed by atoms with Gasteiger partial charge in [-0.25, -0.2) is 9.59 Å². The van der Waals surface area contributed by atoms with Gasteiger partial charge < -0.3 is 18.8 Å². The molecule has 0 saturated carbocycles. The fourth-order valence-corrected chi connectivity index (χ4v) is 3.66. The molecule has 41 heavy (non-hydrogen) atoms. The van der Waals surface area contributed by atoms with Crippen LogP contribution in [-0.4, -0.2) is 46.6 Å². The van der Waals surface area contributed by atoms with E-state index in [1.807, 2.05) is 72.7 Å². The quantitative estimate of drug-likeness (QED) is 0.154. The molecule has 0 aromatic heterocycles. The molecule has 2 aromatic carbocycles. The molecular formula is C28H39BIN3O8. The Hall–Kier alpha value is -2.91. The number of halogens is 1. The summed E-state index contributed by atoms with van der Waals surface area (Å²) in [6.07, 6.45) is -1.19. The number of carbonyl (C=O) groups excluding carboxylic acids is 2. The number of hydrogen-bond acceptors (Lipinski definition) is 8. The Morgan fingerprint density at radius 1 is 0.854 bits per heavy atom. The van der Waals surface area contributed by atoms with E-state index in [1.165, 1.54) is 12.1 Å². The number of amides is 2. The summed E-state index contributed by atoms with van der Waals surface area (Å²) in [7, 11) is -0.728. The van der Waals surface area contributed by atoms with Crippen molar-refractivity contribution in [3.63, 3.8) is 0 Å². The standard InChI is InChI=1S/C17H25BN2O6.C11H14INO2/c1-15(2,3)24-14(21)19-12-9-8-11(10-13(12)20(22)23)18-25-16(4,5)17(6,7)26-18;1-11(2,3)15-10(14)13-9-6-4-8(12)5-7-9/h8-10H,1-7H3,(H,19,21);4-7H,1-3H3,(H,13,14). The number of nitrogens with zero attached hydrogens (tertiary/aromatic N) is 1. The van der Waals surface area contributed by atoms with E-state index in [9.17, 15) is 19.7 Å². The molecule has 0 radical (unpaired) electrons. The van der Waals surface area contributed by atoms with Gasteiger partial charge in [0.25, 0.3) is 5.69 Å². The smallest absolute Gasteiger partial charge is 0.444 e. The predicted molar refractivity (Wildman–Crippen MR) is 168 cm³/mol. The maximum absolute atomic E-state index is 11.9. The Morgan fingerprint density at radius 2 is 1.32 bits per heavy atom. The third kappa shape index (κ3) is 10.8. The van der Waals surface area contributed by atoms with Crippen molar-refractivity contribution < 1.29 is 33.3 Å². The van der Waals surface area contributed by atoms with Gasteiger partial charge in [-0.15, -0.1) is 0 Å². The second-order valence-electron chi connectivity index (χ2n) is 12.4. The minimum atomic E-state index is -0.760. The van der Waals surface area contributed by atoms with Crippen molar-refractivity contribution in [2.45, 2.75) is 91.6 Å². The van der Waals surface area contributed by atoms with Gasteiger partial charge in [0.1, 0.15) is 16.9 Å². The monoisotopic (exact) mass is 683 g/mol. The number of hydrogen-bond donors (Lipinski definition) is 2. The van der Waals surface area contributed by atoms with E-state index in [2.05, 4.69) is 33.2 Å². The molecule has 2 amide bonds. The first kappa shape index (κ1) is 34.3. The zero-order chi connectivity index (χ0) is 31.4. The van der Waals surface area contributed by atoms with Crippen LogP contribution in [0, 0.1) is 13.7 Å². The topological polar surface area (TPSA) is 138 Å². The molecule has 0 unspecified atom stereocenters. The van der Waals surface area contributed by atoms with Crippen molar-refractivity contribution in [2.24, 2.45) is 0 Å². The molecule has 0 atom stereocenters. The molecule has 0 spiro atoms. The van der Waals surface area contributed by atoms with E-state index in [0.717, 1.165) is 9.26 Å². The van der Waals surface area contributed by atoms with E-state index in [-0.39, 0.29) is 11.4 Å². The number of nitro benzene ring substituents is 1. The van der Waals surface area contributed by atoms with E-state index in [4.69, 9.17) is 18.8 Å². The van der Waals surface area contributed by atoms with Crippen LogP contribution in [0.2, 0.25) is 0 Å². The number of benzene rings is 2. The average Bonchev–Trinajstić information content (AvgIpc) is 3.00. The van der Waals surface area contributed by atoms with Gasteiger partial charge in [0.15, 0.2) is 0 Å². The van der Waals surface area contributed by atoms with Gasteiger partial charge in [0, 0.05) is 15.3 Å². The summed E-state index contributed by atoms with van der Waals surface area (Å²) in [6.45, 7) is 18.2. The summed E-state index contributed by atoms with van der Waals surface area (Å²) in [5.74, 6) is 0. The molecule has 1 aliphatic heterocycles. The normalized spacial score (nSPS) is 15.7. The Kier molecular flexibility index (Phi) is 10.8. The molecule has 224 valence electrons. The van der Waals surface area contributed by atoms with Gasteiger partial charge in [0.05, 0.1) is 16.1 Å². The van der Waals surface area contributed by atoms with Crippen LogP contribution in [0.4, 0.5) is 26.7 Å². The van der Waals surface area contributed by atoms with Crippen molar-refractivity contribution in [1.29, 1.82) is 0 Å². The Balaban J connectivity index is 0.000000333. The third-order valence-corrected chi connectivity index (χ3v) is 6.59. The Labute approximate surface area is 255 Å². The van der Waals surface area contributed by atoms with Crippen LogP contribution in [-0.2, 0) is 18.8 Å². The molecule has 1 aliphatic rings. The predicted octanol–water partition coefficient (Wildman–Crippen LogP) is 6.88. The first-order chi connectivity index (χ1) is 18.6. The van der Waals surface area contributed by atoms with Crippen LogP contribution in [0.3, 0.4) is 0 Å². The van der Waals surface area contributed by atoms with Gasteiger partial charge in [0.2, 0.25) is 0 Å². The molecule has 1 saturated heterocycles. The van der Waals surface area contributed by atoms with Gasteiger partial charge in [-0.05, 0) is 128 Å². The lowest BCUT2D eigenvalue weighted by atomic mass is 9.79. The molecule has 2 aromatic rings. The van der Waals surface area contributed by atoms with Crippen molar-refractivity contribution in [3.8, 4) is 0 Å². The van der Waals surface area contributed by atoms with Crippen molar-refractivity contribution in [2.75, 3.05) is 10.6 Å². The zero-order valence-electron chi connectivity index (χ0n) is 25.2. The molecule has 0 aliphatic carbocycles. The van der Waals surface area contributed by atoms with Gasteiger partial charge in [-0.3, -0.25) is 20.7 Å². The summed E-state index contributed by atoms with van der Waals surface area (Å²) in [5.41, 5.74) is -1.25. The number of anilines is 2. The fourth-order valence-electron chi connectivity index (χ4n) is 3.30. The summed E-state index contributed by atoms with van der Waals surface area (Å²) in [5, 5.41) is 16.5. The molecule has 3 rings (SSSR count). The summed E-state index contributed by atoms with van der Waals surface area (Å²) in [6, 6.07) is 11.9. The van der Waals surface area contributed by atoms with Gasteiger partial charge in [-0.1, -0.05) is 6.07 Å². The highest BCUT2D eigenvalue weighted by molar-refractivity contribution is 14.1. The third-order valence-electron chi connectivity index (χ3n) is 5.87. The number of ether oxygens (including phenoxy) is 2. The second-order valence-corrected chi connectivity index (χ2v) is 13.6. The minimum Gasteiger partial charge on any atom is -0.444 e. The molecule has 0 bridgehead atoms. The van der Waals surface area contributed by atoms with Crippen molar-refractivity contribution >= 4 is 64.4 Å². The lowest BCUT2D eigenvalue weighted by molar-refractivity contribution is -0.383. The molecule has 11 nitrogen and oxygen atoms in total. The van der Waals surface area contributed by atoms with E-state index < -0.39 is 46.6 Å². The highest BCUT2D eigenvalue weighted by atomic mass is 127. The Morgan fingerprint density at radius 3 is 1.76 bits per heavy atom. The van der Waals surface area contributed by atoms with Crippen LogP contribution >= 0.6 is 22.6 Å². The van der Waals surface area contributed by atoms with E-state index in [1.54, 1.807) is 26.8 Å². The lowest BCUT2D eigenvalue weighted by Gasteiger charge is -2.32. The van der Waals surface area contributed by atoms with Crippen LogP contribution < -0.4 is 16.1 Å². The second kappa shape index (κ2) is 12.9. The van der Waals surface area contributed by atoms with Crippen LogP contribution in [0.1, 0.15) is 69.2 Å². The van der Waals surface area contributed by atoms with Gasteiger partial charge >= 0.3 is 19.3 Å². The number of nitrogens with one attached hydrogen (secondary N) is 2. The maximum Gasteiger partial charge on any atom is 0.495 e. The summed E-state index contributed by atoms with van der Waals surface area (Å²) < 4.78 is 23.2. The highest BCUT2D eigenvalue weighted by Crippen LogP contribution is 2.37. The number of rotatable bonds is 4.